The van der Waals surface area contributed by atoms with Crippen molar-refractivity contribution in [3.8, 4) is 0 Å². The fraction of sp³-hybridized carbons (Fsp3) is 0.167. The van der Waals surface area contributed by atoms with Crippen molar-refractivity contribution in [2.24, 2.45) is 0 Å². The zero-order valence-electron chi connectivity index (χ0n) is 15.1. The second-order valence-corrected chi connectivity index (χ2v) is 7.48. The minimum Gasteiger partial charge on any atom is -0.480 e. The van der Waals surface area contributed by atoms with Gasteiger partial charge in [-0.25, -0.2) is 13.2 Å². The van der Waals surface area contributed by atoms with Gasteiger partial charge in [-0.3, -0.25) is 9.59 Å². The van der Waals surface area contributed by atoms with E-state index in [9.17, 15) is 22.8 Å². The van der Waals surface area contributed by atoms with Crippen molar-refractivity contribution < 1.29 is 32.6 Å². The molecule has 2 rings (SSSR count). The zero-order chi connectivity index (χ0) is 21.3. The van der Waals surface area contributed by atoms with E-state index in [0.29, 0.717) is 0 Å². The molecule has 4 N–H and O–H groups in total. The van der Waals surface area contributed by atoms with Crippen LogP contribution in [-0.4, -0.2) is 44.6 Å². The third-order valence-electron chi connectivity index (χ3n) is 3.45. The first-order chi connectivity index (χ1) is 13.8. The van der Waals surface area contributed by atoms with Gasteiger partial charge in [0, 0.05) is 5.69 Å². The number of aliphatic carboxylic acids is 1. The number of benzene rings is 2. The standard InChI is InChI=1S/C18H19N3O7S/c22-16(10-19-18(25)28-12-13-5-2-1-3-6-13)21-14-7-4-8-15(9-14)29(26,27)20-11-17(23)24/h1-9,20H,10-12H2,(H,19,25)(H,21,22)(H,23,24). The molecular formula is C18H19N3O7S. The molecule has 0 aromatic heterocycles. The van der Waals surface area contributed by atoms with Gasteiger partial charge >= 0.3 is 12.1 Å². The van der Waals surface area contributed by atoms with Crippen molar-refractivity contribution in [2.45, 2.75) is 11.5 Å². The molecule has 29 heavy (non-hydrogen) atoms. The van der Waals surface area contributed by atoms with E-state index < -0.39 is 34.5 Å². The molecule has 0 saturated heterocycles. The first-order valence-corrected chi connectivity index (χ1v) is 9.80. The van der Waals surface area contributed by atoms with Crippen molar-refractivity contribution in [3.63, 3.8) is 0 Å². The van der Waals surface area contributed by atoms with Crippen LogP contribution < -0.4 is 15.4 Å². The number of sulfonamides is 1. The van der Waals surface area contributed by atoms with E-state index in [1.807, 2.05) is 10.8 Å². The number of carbonyl (C=O) groups is 3. The maximum absolute atomic E-state index is 12.0. The number of alkyl carbamates (subject to hydrolysis) is 1. The summed E-state index contributed by atoms with van der Waals surface area (Å²) in [4.78, 5) is 33.9. The summed E-state index contributed by atoms with van der Waals surface area (Å²) in [6.45, 7) is -1.10. The highest BCUT2D eigenvalue weighted by atomic mass is 32.2. The average molecular weight is 421 g/mol. The number of hydrogen-bond acceptors (Lipinski definition) is 6. The third-order valence-corrected chi connectivity index (χ3v) is 4.85. The number of hydrogen-bond donors (Lipinski definition) is 4. The lowest BCUT2D eigenvalue weighted by Crippen LogP contribution is -2.33. The summed E-state index contributed by atoms with van der Waals surface area (Å²) in [6, 6.07) is 14.2. The third kappa shape index (κ3) is 7.60. The molecule has 0 spiro atoms. The summed E-state index contributed by atoms with van der Waals surface area (Å²) in [6.07, 6.45) is -0.779. The number of rotatable bonds is 9. The van der Waals surface area contributed by atoms with Crippen molar-refractivity contribution >= 4 is 33.7 Å². The van der Waals surface area contributed by atoms with E-state index in [0.717, 1.165) is 11.6 Å². The Labute approximate surface area is 166 Å². The van der Waals surface area contributed by atoms with Crippen LogP contribution in [0.25, 0.3) is 0 Å². The molecule has 11 heteroatoms. The van der Waals surface area contributed by atoms with Crippen molar-refractivity contribution in [1.82, 2.24) is 10.0 Å². The molecule has 0 heterocycles. The highest BCUT2D eigenvalue weighted by Crippen LogP contribution is 2.15. The molecule has 0 bridgehead atoms. The van der Waals surface area contributed by atoms with E-state index >= 15 is 0 Å². The quantitative estimate of drug-likeness (QED) is 0.470. The van der Waals surface area contributed by atoms with Crippen LogP contribution in [0, 0.1) is 0 Å². The highest BCUT2D eigenvalue weighted by Gasteiger charge is 2.16. The van der Waals surface area contributed by atoms with Gasteiger partial charge in [0.25, 0.3) is 0 Å². The molecule has 0 atom stereocenters. The lowest BCUT2D eigenvalue weighted by Gasteiger charge is -2.10. The molecule has 2 amide bonds. The summed E-state index contributed by atoms with van der Waals surface area (Å²) in [7, 11) is -4.04. The monoisotopic (exact) mass is 421 g/mol. The molecule has 10 nitrogen and oxygen atoms in total. The molecule has 0 aliphatic carbocycles. The Hall–Kier alpha value is -3.44. The zero-order valence-corrected chi connectivity index (χ0v) is 15.9. The topological polar surface area (TPSA) is 151 Å². The van der Waals surface area contributed by atoms with Crippen LogP contribution in [0.5, 0.6) is 0 Å². The summed E-state index contributed by atoms with van der Waals surface area (Å²) in [5, 5.41) is 13.3. The van der Waals surface area contributed by atoms with Gasteiger partial charge in [0.15, 0.2) is 0 Å². The Morgan fingerprint density at radius 3 is 2.38 bits per heavy atom. The van der Waals surface area contributed by atoms with E-state index in [1.54, 1.807) is 24.3 Å². The summed E-state index contributed by atoms with van der Waals surface area (Å²) < 4.78 is 30.9. The molecule has 2 aromatic carbocycles. The van der Waals surface area contributed by atoms with Crippen LogP contribution in [0.15, 0.2) is 59.5 Å². The second-order valence-electron chi connectivity index (χ2n) is 5.71. The van der Waals surface area contributed by atoms with Crippen molar-refractivity contribution in [1.29, 1.82) is 0 Å². The first kappa shape index (κ1) is 21.9. The van der Waals surface area contributed by atoms with Gasteiger partial charge in [0.2, 0.25) is 15.9 Å². The largest absolute Gasteiger partial charge is 0.480 e. The fourth-order valence-electron chi connectivity index (χ4n) is 2.11. The van der Waals surface area contributed by atoms with Crippen LogP contribution in [-0.2, 0) is 31.0 Å². The summed E-state index contributed by atoms with van der Waals surface area (Å²) >= 11 is 0. The fourth-order valence-corrected chi connectivity index (χ4v) is 3.13. The number of ether oxygens (including phenoxy) is 1. The Balaban J connectivity index is 1.84. The molecule has 0 fully saturated rings. The van der Waals surface area contributed by atoms with Gasteiger partial charge in [0.1, 0.15) is 19.7 Å². The molecule has 0 aliphatic heterocycles. The molecule has 0 radical (unpaired) electrons. The van der Waals surface area contributed by atoms with Crippen LogP contribution in [0.3, 0.4) is 0 Å². The summed E-state index contributed by atoms with van der Waals surface area (Å²) in [5.41, 5.74) is 0.953. The van der Waals surface area contributed by atoms with Gasteiger partial charge in [-0.15, -0.1) is 0 Å². The predicted octanol–water partition coefficient (Wildman–Crippen LogP) is 0.914. The number of carbonyl (C=O) groups excluding carboxylic acids is 2. The van der Waals surface area contributed by atoms with Crippen LogP contribution in [0.1, 0.15) is 5.56 Å². The van der Waals surface area contributed by atoms with Gasteiger partial charge < -0.3 is 20.5 Å². The molecule has 154 valence electrons. The van der Waals surface area contributed by atoms with E-state index in [-0.39, 0.29) is 23.7 Å². The van der Waals surface area contributed by atoms with Gasteiger partial charge in [0.05, 0.1) is 4.90 Å². The van der Waals surface area contributed by atoms with Gasteiger partial charge in [-0.1, -0.05) is 36.4 Å². The second kappa shape index (κ2) is 10.2. The SMILES string of the molecule is O=C(O)CNS(=O)(=O)c1cccc(NC(=O)CNC(=O)OCc2ccccc2)c1. The maximum Gasteiger partial charge on any atom is 0.407 e. The molecular weight excluding hydrogens is 402 g/mol. The molecule has 0 aliphatic rings. The number of carboxylic acids is 1. The molecule has 0 saturated carbocycles. The normalized spacial score (nSPS) is 10.8. The lowest BCUT2D eigenvalue weighted by molar-refractivity contribution is -0.135. The lowest BCUT2D eigenvalue weighted by atomic mass is 10.2. The minimum atomic E-state index is -4.04. The van der Waals surface area contributed by atoms with Gasteiger partial charge in [-0.05, 0) is 23.8 Å². The maximum atomic E-state index is 12.0. The minimum absolute atomic E-state index is 0.0531. The Kier molecular flexibility index (Phi) is 7.69. The predicted molar refractivity (Wildman–Crippen MR) is 103 cm³/mol. The van der Waals surface area contributed by atoms with E-state index in [4.69, 9.17) is 9.84 Å². The van der Waals surface area contributed by atoms with Crippen molar-refractivity contribution in [2.75, 3.05) is 18.4 Å². The van der Waals surface area contributed by atoms with Crippen molar-refractivity contribution in [3.05, 3.63) is 60.2 Å². The van der Waals surface area contributed by atoms with Gasteiger partial charge in [-0.2, -0.15) is 4.72 Å². The average Bonchev–Trinajstić information content (AvgIpc) is 2.70. The number of carboxylic acid groups (broad SMARTS) is 1. The van der Waals surface area contributed by atoms with E-state index in [1.165, 1.54) is 18.2 Å². The molecule has 0 unspecified atom stereocenters. The van der Waals surface area contributed by atoms with Crippen LogP contribution >= 0.6 is 0 Å². The number of amides is 2. The Morgan fingerprint density at radius 2 is 1.69 bits per heavy atom. The van der Waals surface area contributed by atoms with Crippen LogP contribution in [0.2, 0.25) is 0 Å². The Morgan fingerprint density at radius 1 is 0.966 bits per heavy atom. The smallest absolute Gasteiger partial charge is 0.407 e. The number of nitrogens with one attached hydrogen (secondary N) is 3. The summed E-state index contributed by atoms with van der Waals surface area (Å²) in [5.74, 6) is -1.93. The number of anilines is 1. The van der Waals surface area contributed by atoms with E-state index in [2.05, 4.69) is 10.6 Å². The molecule has 2 aromatic rings. The highest BCUT2D eigenvalue weighted by molar-refractivity contribution is 7.89. The van der Waals surface area contributed by atoms with Crippen LogP contribution in [0.4, 0.5) is 10.5 Å². The first-order valence-electron chi connectivity index (χ1n) is 8.32. The Bertz CT molecular complexity index is 978.